The Balaban J connectivity index is 1.73. The Morgan fingerprint density at radius 1 is 1.26 bits per heavy atom. The van der Waals surface area contributed by atoms with Gasteiger partial charge < -0.3 is 14.5 Å². The summed E-state index contributed by atoms with van der Waals surface area (Å²) in [6.45, 7) is -0.166. The third-order valence-corrected chi connectivity index (χ3v) is 3.35. The summed E-state index contributed by atoms with van der Waals surface area (Å²) in [5, 5.41) is 3.57. The maximum Gasteiger partial charge on any atom is 0.331 e. The normalized spacial score (nSPS) is 10.7. The number of hydrogen-bond donors (Lipinski definition) is 1. The molecule has 1 heterocycles. The summed E-state index contributed by atoms with van der Waals surface area (Å²) in [6, 6.07) is 8.36. The molecule has 0 spiro atoms. The zero-order valence-corrected chi connectivity index (χ0v) is 13.4. The number of esters is 1. The number of carbonyl (C=O) groups excluding carboxylic acids is 2. The fourth-order valence-corrected chi connectivity index (χ4v) is 2.11. The fourth-order valence-electron chi connectivity index (χ4n) is 1.63. The first kappa shape index (κ1) is 17.1. The summed E-state index contributed by atoms with van der Waals surface area (Å²) in [6.07, 6.45) is 4.12. The number of carbonyl (C=O) groups is 2. The quantitative estimate of drug-likeness (QED) is 0.637. The van der Waals surface area contributed by atoms with Crippen molar-refractivity contribution in [3.05, 3.63) is 64.0 Å². The molecule has 7 heteroatoms. The highest BCUT2D eigenvalue weighted by Crippen LogP contribution is 2.20. The van der Waals surface area contributed by atoms with Gasteiger partial charge in [0.1, 0.15) is 5.76 Å². The van der Waals surface area contributed by atoms with Crippen LogP contribution in [0.3, 0.4) is 0 Å². The molecule has 23 heavy (non-hydrogen) atoms. The fraction of sp³-hybridized carbons (Fsp3) is 0.125. The van der Waals surface area contributed by atoms with Gasteiger partial charge in [-0.2, -0.15) is 0 Å². The molecule has 120 valence electrons. The van der Waals surface area contributed by atoms with Crippen molar-refractivity contribution in [3.63, 3.8) is 0 Å². The Kier molecular flexibility index (Phi) is 6.26. The van der Waals surface area contributed by atoms with E-state index in [9.17, 15) is 9.59 Å². The molecule has 1 N–H and O–H groups in total. The first-order chi connectivity index (χ1) is 11.0. The number of ether oxygens (including phenoxy) is 1. The lowest BCUT2D eigenvalue weighted by atomic mass is 10.2. The van der Waals surface area contributed by atoms with E-state index in [1.807, 2.05) is 0 Å². The van der Waals surface area contributed by atoms with Gasteiger partial charge in [-0.25, -0.2) is 4.79 Å². The van der Waals surface area contributed by atoms with Gasteiger partial charge in [0.05, 0.1) is 6.26 Å². The van der Waals surface area contributed by atoms with Crippen LogP contribution in [0, 0.1) is 0 Å². The van der Waals surface area contributed by atoms with Crippen molar-refractivity contribution in [2.24, 2.45) is 0 Å². The zero-order valence-electron chi connectivity index (χ0n) is 11.9. The van der Waals surface area contributed by atoms with Gasteiger partial charge in [0.25, 0.3) is 5.91 Å². The monoisotopic (exact) mass is 353 g/mol. The molecule has 0 radical (unpaired) electrons. The standard InChI is InChI=1S/C16H13Cl2NO4/c17-12-4-3-11(14(18)8-12)9-19-15(20)10-23-16(21)6-5-13-2-1-7-22-13/h1-8H,9-10H2,(H,19,20)/b6-5+. The van der Waals surface area contributed by atoms with Crippen LogP contribution in [0.1, 0.15) is 11.3 Å². The lowest BCUT2D eigenvalue weighted by Gasteiger charge is -2.07. The van der Waals surface area contributed by atoms with Gasteiger partial charge in [0.2, 0.25) is 0 Å². The molecule has 0 aliphatic heterocycles. The molecule has 2 rings (SSSR count). The molecule has 0 saturated heterocycles. The van der Waals surface area contributed by atoms with Gasteiger partial charge in [0.15, 0.2) is 6.61 Å². The van der Waals surface area contributed by atoms with E-state index in [1.165, 1.54) is 18.4 Å². The third kappa shape index (κ3) is 5.81. The third-order valence-electron chi connectivity index (χ3n) is 2.76. The number of nitrogens with one attached hydrogen (secondary N) is 1. The van der Waals surface area contributed by atoms with E-state index in [4.69, 9.17) is 32.4 Å². The average molecular weight is 354 g/mol. The first-order valence-electron chi connectivity index (χ1n) is 6.63. The van der Waals surface area contributed by atoms with Crippen LogP contribution in [0.2, 0.25) is 10.0 Å². The molecule has 1 amide bonds. The van der Waals surface area contributed by atoms with E-state index < -0.39 is 11.9 Å². The van der Waals surface area contributed by atoms with Gasteiger partial charge >= 0.3 is 5.97 Å². The minimum Gasteiger partial charge on any atom is -0.465 e. The number of halogens is 2. The van der Waals surface area contributed by atoms with Gasteiger partial charge in [-0.05, 0) is 35.9 Å². The highest BCUT2D eigenvalue weighted by Gasteiger charge is 2.07. The number of amides is 1. The van der Waals surface area contributed by atoms with E-state index >= 15 is 0 Å². The smallest absolute Gasteiger partial charge is 0.331 e. The summed E-state index contributed by atoms with van der Waals surface area (Å²) < 4.78 is 9.83. The summed E-state index contributed by atoms with van der Waals surface area (Å²) in [5.41, 5.74) is 0.716. The Labute approximate surface area is 142 Å². The van der Waals surface area contributed by atoms with Crippen LogP contribution in [-0.2, 0) is 20.9 Å². The van der Waals surface area contributed by atoms with Gasteiger partial charge in [-0.1, -0.05) is 29.3 Å². The summed E-state index contributed by atoms with van der Waals surface area (Å²) in [4.78, 5) is 23.1. The van der Waals surface area contributed by atoms with E-state index in [1.54, 1.807) is 30.3 Å². The number of benzene rings is 1. The SMILES string of the molecule is O=C(COC(=O)/C=C/c1ccco1)NCc1ccc(Cl)cc1Cl. The van der Waals surface area contributed by atoms with Crippen molar-refractivity contribution in [1.82, 2.24) is 5.32 Å². The lowest BCUT2D eigenvalue weighted by Crippen LogP contribution is -2.28. The molecule has 0 aliphatic rings. The van der Waals surface area contributed by atoms with Crippen LogP contribution in [0.15, 0.2) is 47.1 Å². The molecule has 1 aromatic heterocycles. The molecule has 5 nitrogen and oxygen atoms in total. The maximum atomic E-state index is 11.6. The summed E-state index contributed by atoms with van der Waals surface area (Å²) in [7, 11) is 0. The highest BCUT2D eigenvalue weighted by molar-refractivity contribution is 6.35. The van der Waals surface area contributed by atoms with Crippen LogP contribution in [-0.4, -0.2) is 18.5 Å². The van der Waals surface area contributed by atoms with E-state index in [0.29, 0.717) is 21.4 Å². The highest BCUT2D eigenvalue weighted by atomic mass is 35.5. The second kappa shape index (κ2) is 8.41. The Morgan fingerprint density at radius 2 is 2.09 bits per heavy atom. The molecule has 0 bridgehead atoms. The molecule has 0 unspecified atom stereocenters. The number of furan rings is 1. The van der Waals surface area contributed by atoms with Gasteiger partial charge in [-0.15, -0.1) is 0 Å². The molecule has 0 aliphatic carbocycles. The maximum absolute atomic E-state index is 11.6. The van der Waals surface area contributed by atoms with Crippen LogP contribution in [0.25, 0.3) is 6.08 Å². The number of rotatable bonds is 6. The van der Waals surface area contributed by atoms with Crippen molar-refractivity contribution in [2.45, 2.75) is 6.54 Å². The molecular formula is C16H13Cl2NO4. The Bertz CT molecular complexity index is 711. The van der Waals surface area contributed by atoms with Crippen molar-refractivity contribution in [1.29, 1.82) is 0 Å². The average Bonchev–Trinajstić information content (AvgIpc) is 3.03. The van der Waals surface area contributed by atoms with Crippen molar-refractivity contribution >= 4 is 41.2 Å². The first-order valence-corrected chi connectivity index (χ1v) is 7.39. The molecule has 2 aromatic rings. The summed E-state index contributed by atoms with van der Waals surface area (Å²) >= 11 is 11.8. The van der Waals surface area contributed by atoms with Crippen molar-refractivity contribution < 1.29 is 18.7 Å². The van der Waals surface area contributed by atoms with Gasteiger partial charge in [0, 0.05) is 22.7 Å². The second-order valence-corrected chi connectivity index (χ2v) is 5.31. The topological polar surface area (TPSA) is 68.5 Å². The van der Waals surface area contributed by atoms with Gasteiger partial charge in [-0.3, -0.25) is 4.79 Å². The molecule has 0 fully saturated rings. The van der Waals surface area contributed by atoms with Crippen LogP contribution in [0.5, 0.6) is 0 Å². The van der Waals surface area contributed by atoms with Crippen LogP contribution < -0.4 is 5.32 Å². The second-order valence-electron chi connectivity index (χ2n) is 4.47. The lowest BCUT2D eigenvalue weighted by molar-refractivity contribution is -0.143. The number of hydrogen-bond acceptors (Lipinski definition) is 4. The largest absolute Gasteiger partial charge is 0.465 e. The van der Waals surface area contributed by atoms with Crippen molar-refractivity contribution in [2.75, 3.05) is 6.61 Å². The minimum atomic E-state index is -0.638. The van der Waals surface area contributed by atoms with Crippen molar-refractivity contribution in [3.8, 4) is 0 Å². The predicted molar refractivity (Wildman–Crippen MR) is 87.0 cm³/mol. The molecule has 1 aromatic carbocycles. The molecular weight excluding hydrogens is 341 g/mol. The zero-order chi connectivity index (χ0) is 16.7. The molecule has 0 atom stereocenters. The van der Waals surface area contributed by atoms with Crippen LogP contribution >= 0.6 is 23.2 Å². The van der Waals surface area contributed by atoms with E-state index in [0.717, 1.165) is 0 Å². The molecule has 0 saturated carbocycles. The van der Waals surface area contributed by atoms with Crippen LogP contribution in [0.4, 0.5) is 0 Å². The Hall–Kier alpha value is -2.24. The predicted octanol–water partition coefficient (Wildman–Crippen LogP) is 3.46. The summed E-state index contributed by atoms with van der Waals surface area (Å²) in [5.74, 6) is -0.555. The Morgan fingerprint density at radius 3 is 2.78 bits per heavy atom. The van der Waals surface area contributed by atoms with E-state index in [-0.39, 0.29) is 13.2 Å². The van der Waals surface area contributed by atoms with E-state index in [2.05, 4.69) is 5.32 Å². The minimum absolute atomic E-state index is 0.217.